The largest absolute Gasteiger partial charge is 0.466 e. The van der Waals surface area contributed by atoms with Crippen LogP contribution in [-0.2, 0) is 48.7 Å². The van der Waals surface area contributed by atoms with Gasteiger partial charge in [-0.05, 0) is 186 Å². The van der Waals surface area contributed by atoms with Crippen molar-refractivity contribution >= 4 is 124 Å². The Labute approximate surface area is 733 Å². The minimum Gasteiger partial charge on any atom is -0.466 e. The van der Waals surface area contributed by atoms with Crippen molar-refractivity contribution in [3.05, 3.63) is 229 Å². The third kappa shape index (κ3) is 19.3. The maximum atomic E-state index is 12.1. The highest BCUT2D eigenvalue weighted by molar-refractivity contribution is 7.11. The number of aliphatic hydroxyl groups excluding tert-OH is 1. The number of aromatic amines is 4. The highest BCUT2D eigenvalue weighted by Gasteiger charge is 2.29. The van der Waals surface area contributed by atoms with Gasteiger partial charge in [-0.25, -0.2) is 39.9 Å². The molecule has 2 unspecified atom stereocenters. The predicted molar refractivity (Wildman–Crippen MR) is 483 cm³/mol. The van der Waals surface area contributed by atoms with Crippen molar-refractivity contribution in [3.63, 3.8) is 0 Å². The molecule has 36 nitrogen and oxygen atoms in total. The molecule has 0 aliphatic carbocycles. The third-order valence-corrected chi connectivity index (χ3v) is 24.5. The zero-order chi connectivity index (χ0) is 85.3. The first kappa shape index (κ1) is 82.5. The molecule has 9 N–H and O–H groups in total. The summed E-state index contributed by atoms with van der Waals surface area (Å²) in [6.07, 6.45) is 38.1. The molecule has 0 amide bonds. The number of carbonyl (C=O) groups excluding carboxylic acids is 1. The lowest BCUT2D eigenvalue weighted by molar-refractivity contribution is -0.150. The number of nitrogens with zero attached hydrogens (tertiary/aromatic N) is 25. The van der Waals surface area contributed by atoms with E-state index in [2.05, 4.69) is 187 Å². The molecule has 0 radical (unpaired) electrons. The first-order chi connectivity index (χ1) is 61.2. The lowest BCUT2D eigenvalue weighted by Crippen LogP contribution is -2.38. The predicted octanol–water partition coefficient (Wildman–Crippen LogP) is 14.2. The number of benzene rings is 1. The van der Waals surface area contributed by atoms with Crippen LogP contribution in [0.3, 0.4) is 0 Å². The Morgan fingerprint density at radius 2 is 0.904 bits per heavy atom. The van der Waals surface area contributed by atoms with Crippen molar-refractivity contribution < 1.29 is 14.6 Å². The number of anilines is 9. The van der Waals surface area contributed by atoms with E-state index in [1.807, 2.05) is 163 Å². The van der Waals surface area contributed by atoms with E-state index in [0.717, 1.165) is 223 Å². The van der Waals surface area contributed by atoms with Gasteiger partial charge in [0, 0.05) is 136 Å². The zero-order valence-electron chi connectivity index (χ0n) is 69.4. The Balaban J connectivity index is 0.000000113. The number of hydrogen-bond acceptors (Lipinski definition) is 32. The number of hydrogen-bond donors (Lipinski definition) is 9. The summed E-state index contributed by atoms with van der Waals surface area (Å²) < 4.78 is 31.8. The number of aryl methyl sites for hydroxylation is 4. The van der Waals surface area contributed by atoms with E-state index >= 15 is 0 Å². The van der Waals surface area contributed by atoms with Gasteiger partial charge in [0.05, 0.1) is 143 Å². The van der Waals surface area contributed by atoms with Crippen LogP contribution in [0, 0.1) is 33.6 Å². The van der Waals surface area contributed by atoms with E-state index in [1.165, 1.54) is 62.9 Å². The van der Waals surface area contributed by atoms with Crippen molar-refractivity contribution in [1.29, 1.82) is 0 Å². The van der Waals surface area contributed by atoms with Crippen LogP contribution in [0.4, 0.5) is 49.0 Å². The first-order valence-corrected chi connectivity index (χ1v) is 44.3. The van der Waals surface area contributed by atoms with Crippen LogP contribution in [0.15, 0.2) is 172 Å². The molecule has 125 heavy (non-hydrogen) atoms. The van der Waals surface area contributed by atoms with Gasteiger partial charge in [0.1, 0.15) is 20.0 Å². The second-order valence-electron chi connectivity index (χ2n) is 30.8. The smallest absolute Gasteiger partial charge is 0.310 e. The maximum absolute atomic E-state index is 12.1. The molecule has 3 aliphatic heterocycles. The fourth-order valence-corrected chi connectivity index (χ4v) is 18.4. The summed E-state index contributed by atoms with van der Waals surface area (Å²) in [6, 6.07) is 21.0. The molecule has 18 aromatic rings. The van der Waals surface area contributed by atoms with E-state index in [1.54, 1.807) is 24.8 Å². The Bertz CT molecular complexity index is 6630. The number of fused-ring (bicyclic) bond motifs is 5. The number of para-hydroxylation sites is 1. The van der Waals surface area contributed by atoms with Crippen LogP contribution in [0.1, 0.15) is 96.2 Å². The monoisotopic (exact) mass is 1750 g/mol. The van der Waals surface area contributed by atoms with Gasteiger partial charge in [-0.3, -0.25) is 62.5 Å². The number of aromatic nitrogens is 25. The Hall–Kier alpha value is -13.5. The highest BCUT2D eigenvalue weighted by Crippen LogP contribution is 2.36. The Morgan fingerprint density at radius 1 is 0.496 bits per heavy atom. The Morgan fingerprint density at radius 3 is 1.32 bits per heavy atom. The van der Waals surface area contributed by atoms with E-state index < -0.39 is 0 Å². The molecule has 0 spiro atoms. The van der Waals surface area contributed by atoms with Crippen molar-refractivity contribution in [2.24, 2.45) is 5.92 Å². The maximum Gasteiger partial charge on any atom is 0.310 e. The van der Waals surface area contributed by atoms with Crippen molar-refractivity contribution in [1.82, 2.24) is 135 Å². The molecule has 2 saturated heterocycles. The normalized spacial score (nSPS) is 14.8. The number of aliphatic hydroxyl groups is 1. The molecule has 2 atom stereocenters. The van der Waals surface area contributed by atoms with Crippen molar-refractivity contribution in [3.8, 4) is 45.0 Å². The number of pyridine rings is 1. The van der Waals surface area contributed by atoms with Gasteiger partial charge in [-0.2, -0.15) is 37.9 Å². The van der Waals surface area contributed by atoms with Crippen LogP contribution in [0.2, 0.25) is 0 Å². The SMILES string of the molecule is CCN(Cc1ccncc1)Cc1cc(Nc2nc(C)cn3c(-c4cn[nH]c4)cnc23)sn1.CCOC(=O)C1CCCN(Cc2cc(Nc3nc(C)cn4c(-c5cn[nH]c5)cnc34)sn2)C1.Cc1cn2c(-c3cn[nH]c3)cnc2c(Nc2cc(CN3CCCC(O)C3)ns2)n1.Cc1cn2c(-c3cn[nH]c3)cnc2c(Nc2cc(CN3CCc4ccccc43)ns2)n1. The molecule has 21 rings (SSSR count). The quantitative estimate of drug-likeness (QED) is 0.0240. The molecule has 0 saturated carbocycles. The molecule has 20 heterocycles. The summed E-state index contributed by atoms with van der Waals surface area (Å²) in [5.74, 6) is 2.66. The standard InChI is InChI=1S/C22H23N9S.C22H26N8O2S.C22H20N8S.C19H22N8OS/c1-3-30(13-16-4-6-23-7-5-16)14-18-8-20(32-29-18)28-21-22-24-11-19(17-9-25-26-10-17)31(22)12-15(2)27-21;1-3-32-22(31)15-5-4-6-29(12-15)13-17-7-19(33-28-17)27-20-21-23-10-18(16-8-24-25-9-16)30(21)11-14(2)26-20;1-14-12-30-19(16-9-24-25-10-16)11-23-22(30)21(26-14)27-20-8-17(28-31-20)13-29-7-6-15-4-2-3-5-18(15)29;1-12-9-27-16(13-6-21-22-7-13)8-20-19(27)18(23-12)24-17-5-14(25-29-17)10-26-4-2-3-15(28)11-26/h4-12H,3,13-14H2,1-2H3,(H,25,26)(H,27,28);7-11,15H,3-6,12-13H2,1-2H3,(H,24,25)(H,26,27);2-5,8-12H,6-7,13H2,1H3,(H,24,25)(H,26,27);5-9,15,28H,2-4,10-11H2,1H3,(H,21,22)(H,23,24). The second-order valence-corrected chi connectivity index (χ2v) is 34.0. The number of ether oxygens (including phenoxy) is 1. The molecule has 17 aromatic heterocycles. The lowest BCUT2D eigenvalue weighted by Gasteiger charge is -2.30. The zero-order valence-corrected chi connectivity index (χ0v) is 72.7. The molecule has 3 aliphatic rings. The van der Waals surface area contributed by atoms with Gasteiger partial charge in [0.15, 0.2) is 45.9 Å². The summed E-state index contributed by atoms with van der Waals surface area (Å²) >= 11 is 5.69. The van der Waals surface area contributed by atoms with Gasteiger partial charge in [-0.15, -0.1) is 0 Å². The van der Waals surface area contributed by atoms with Crippen LogP contribution >= 0.6 is 46.1 Å². The van der Waals surface area contributed by atoms with Crippen LogP contribution in [0.5, 0.6) is 0 Å². The van der Waals surface area contributed by atoms with Gasteiger partial charge < -0.3 is 36.0 Å². The minimum atomic E-state index is -0.227. The third-order valence-electron chi connectivity index (χ3n) is 21.5. The molecule has 0 bridgehead atoms. The van der Waals surface area contributed by atoms with E-state index in [4.69, 9.17) is 4.74 Å². The number of likely N-dealkylation sites (tertiary alicyclic amines) is 2. The topological polar surface area (TPSA) is 408 Å². The summed E-state index contributed by atoms with van der Waals surface area (Å²) in [7, 11) is 0. The highest BCUT2D eigenvalue weighted by atomic mass is 32.1. The molecular formula is C85H91N33O3S4. The van der Waals surface area contributed by atoms with E-state index in [-0.39, 0.29) is 18.0 Å². The number of esters is 1. The van der Waals surface area contributed by atoms with Crippen LogP contribution < -0.4 is 26.2 Å². The summed E-state index contributed by atoms with van der Waals surface area (Å²) in [5.41, 5.74) is 22.3. The molecular weight excluding hydrogens is 1660 g/mol. The number of β-amino-alcohol motifs (C(OH)–C–C–N with tert-alkyl or cyclic N) is 1. The van der Waals surface area contributed by atoms with E-state index in [9.17, 15) is 9.90 Å². The minimum absolute atomic E-state index is 0.0513. The number of H-pyrrole nitrogens is 4. The average Bonchev–Trinajstić information content (AvgIpc) is 1.65. The van der Waals surface area contributed by atoms with Crippen molar-refractivity contribution in [2.45, 2.75) is 112 Å². The first-order valence-electron chi connectivity index (χ1n) is 41.2. The summed E-state index contributed by atoms with van der Waals surface area (Å²) in [4.78, 5) is 62.5. The lowest BCUT2D eigenvalue weighted by atomic mass is 9.98. The number of rotatable bonds is 25. The molecule has 1 aromatic carbocycles. The number of piperidine rings is 2. The molecule has 638 valence electrons. The molecule has 2 fully saturated rings. The fraction of sp³-hybridized carbons (Fsp3) is 0.294. The number of imidazole rings is 4. The van der Waals surface area contributed by atoms with Gasteiger partial charge in [0.2, 0.25) is 0 Å². The van der Waals surface area contributed by atoms with Crippen LogP contribution in [0.25, 0.3) is 67.6 Å². The molecule has 40 heteroatoms. The summed E-state index contributed by atoms with van der Waals surface area (Å²) in [5, 5.41) is 54.8. The number of carbonyl (C=O) groups is 1. The average molecular weight is 1750 g/mol. The number of nitrogens with one attached hydrogen (secondary N) is 8. The van der Waals surface area contributed by atoms with Crippen LogP contribution in [-0.4, -0.2) is 198 Å². The Kier molecular flexibility index (Phi) is 24.9. The summed E-state index contributed by atoms with van der Waals surface area (Å²) in [6.45, 7) is 21.6. The fourth-order valence-electron chi connectivity index (χ4n) is 15.7. The van der Waals surface area contributed by atoms with Crippen molar-refractivity contribution in [2.75, 3.05) is 72.0 Å². The van der Waals surface area contributed by atoms with E-state index in [0.29, 0.717) is 43.7 Å². The van der Waals surface area contributed by atoms with Gasteiger partial charge >= 0.3 is 5.97 Å². The van der Waals surface area contributed by atoms with Gasteiger partial charge in [-0.1, -0.05) is 25.1 Å². The van der Waals surface area contributed by atoms with Gasteiger partial charge in [0.25, 0.3) is 0 Å². The second kappa shape index (κ2) is 37.7.